The summed E-state index contributed by atoms with van der Waals surface area (Å²) in [5, 5.41) is 0. The molecule has 0 heterocycles. The Morgan fingerprint density at radius 1 is 1.26 bits per heavy atom. The van der Waals surface area contributed by atoms with E-state index >= 15 is 0 Å². The smallest absolute Gasteiger partial charge is 0.150 e. The van der Waals surface area contributed by atoms with Gasteiger partial charge in [-0.05, 0) is 43.4 Å². The lowest BCUT2D eigenvalue weighted by atomic mass is 9.94. The van der Waals surface area contributed by atoms with Crippen molar-refractivity contribution >= 4 is 9.84 Å². The zero-order chi connectivity index (χ0) is 14.5. The van der Waals surface area contributed by atoms with Crippen LogP contribution in [0.1, 0.15) is 42.5 Å². The molecule has 0 saturated carbocycles. The molecule has 1 atom stereocenters. The molecule has 0 radical (unpaired) electrons. The lowest BCUT2D eigenvalue weighted by Crippen LogP contribution is -2.29. The van der Waals surface area contributed by atoms with E-state index in [4.69, 9.17) is 5.84 Å². The van der Waals surface area contributed by atoms with Crippen molar-refractivity contribution < 1.29 is 8.42 Å². The summed E-state index contributed by atoms with van der Waals surface area (Å²) in [7, 11) is -2.89. The van der Waals surface area contributed by atoms with E-state index in [0.717, 1.165) is 6.42 Å². The van der Waals surface area contributed by atoms with E-state index < -0.39 is 9.84 Å². The summed E-state index contributed by atoms with van der Waals surface area (Å²) in [4.78, 5) is 0. The molecule has 0 aromatic heterocycles. The highest BCUT2D eigenvalue weighted by Gasteiger charge is 2.16. The highest BCUT2D eigenvalue weighted by atomic mass is 32.2. The summed E-state index contributed by atoms with van der Waals surface area (Å²) in [5.74, 6) is 6.06. The summed E-state index contributed by atoms with van der Waals surface area (Å²) < 4.78 is 23.0. The van der Waals surface area contributed by atoms with Crippen molar-refractivity contribution in [2.75, 3.05) is 11.5 Å². The maximum absolute atomic E-state index is 11.5. The van der Waals surface area contributed by atoms with Gasteiger partial charge in [0.25, 0.3) is 0 Å². The van der Waals surface area contributed by atoms with Gasteiger partial charge in [0.1, 0.15) is 9.84 Å². The van der Waals surface area contributed by atoms with Crippen LogP contribution in [-0.4, -0.2) is 19.9 Å². The van der Waals surface area contributed by atoms with Crippen LogP contribution in [0.2, 0.25) is 0 Å². The second kappa shape index (κ2) is 7.03. The molecule has 0 aliphatic rings. The van der Waals surface area contributed by atoms with Crippen LogP contribution in [0.5, 0.6) is 0 Å². The van der Waals surface area contributed by atoms with Crippen LogP contribution in [-0.2, 0) is 9.84 Å². The van der Waals surface area contributed by atoms with E-state index in [0.29, 0.717) is 6.42 Å². The molecule has 1 aromatic rings. The molecule has 0 amide bonds. The van der Waals surface area contributed by atoms with Gasteiger partial charge in [0.15, 0.2) is 0 Å². The van der Waals surface area contributed by atoms with Crippen LogP contribution in [0, 0.1) is 13.8 Å². The number of nitrogens with two attached hydrogens (primary N) is 1. The molecule has 1 aromatic carbocycles. The number of hydrazine groups is 1. The monoisotopic (exact) mass is 284 g/mol. The first kappa shape index (κ1) is 16.1. The Morgan fingerprint density at radius 3 is 2.32 bits per heavy atom. The Balaban J connectivity index is 2.74. The van der Waals surface area contributed by atoms with Gasteiger partial charge in [0.2, 0.25) is 0 Å². The van der Waals surface area contributed by atoms with E-state index in [-0.39, 0.29) is 17.5 Å². The predicted molar refractivity (Wildman–Crippen MR) is 79.5 cm³/mol. The first-order valence-electron chi connectivity index (χ1n) is 6.64. The first-order valence-corrected chi connectivity index (χ1v) is 8.46. The van der Waals surface area contributed by atoms with Crippen molar-refractivity contribution in [2.45, 2.75) is 39.7 Å². The Bertz CT molecular complexity index is 492. The molecule has 0 saturated heterocycles. The lowest BCUT2D eigenvalue weighted by molar-refractivity contribution is 0.503. The molecule has 0 fully saturated rings. The van der Waals surface area contributed by atoms with Gasteiger partial charge in [-0.2, -0.15) is 0 Å². The second-order valence-electron chi connectivity index (χ2n) is 4.90. The minimum absolute atomic E-state index is 0.00764. The number of benzene rings is 1. The van der Waals surface area contributed by atoms with Crippen molar-refractivity contribution in [1.29, 1.82) is 0 Å². The first-order chi connectivity index (χ1) is 8.91. The molecular formula is C14H24N2O2S. The number of aryl methyl sites for hydroxylation is 2. The summed E-state index contributed by atoms with van der Waals surface area (Å²) in [6.07, 6.45) is 1.35. The number of hydrogen-bond donors (Lipinski definition) is 2. The van der Waals surface area contributed by atoms with Gasteiger partial charge >= 0.3 is 0 Å². The molecule has 0 bridgehead atoms. The highest BCUT2D eigenvalue weighted by Crippen LogP contribution is 2.25. The van der Waals surface area contributed by atoms with Crippen LogP contribution in [0.15, 0.2) is 18.2 Å². The van der Waals surface area contributed by atoms with E-state index in [1.807, 2.05) is 6.07 Å². The fraction of sp³-hybridized carbons (Fsp3) is 0.571. The van der Waals surface area contributed by atoms with Crippen LogP contribution in [0.4, 0.5) is 0 Å². The van der Waals surface area contributed by atoms with E-state index in [9.17, 15) is 8.42 Å². The molecule has 5 heteroatoms. The molecule has 0 spiro atoms. The number of nitrogens with one attached hydrogen (secondary N) is 1. The molecule has 4 nitrogen and oxygen atoms in total. The largest absolute Gasteiger partial charge is 0.271 e. The third kappa shape index (κ3) is 4.60. The molecular weight excluding hydrogens is 260 g/mol. The van der Waals surface area contributed by atoms with Crippen molar-refractivity contribution in [3.05, 3.63) is 34.9 Å². The highest BCUT2D eigenvalue weighted by molar-refractivity contribution is 7.91. The molecule has 0 aliphatic heterocycles. The molecule has 19 heavy (non-hydrogen) atoms. The lowest BCUT2D eigenvalue weighted by Gasteiger charge is -2.20. The molecule has 3 N–H and O–H groups in total. The van der Waals surface area contributed by atoms with Gasteiger partial charge in [0.05, 0.1) is 5.75 Å². The summed E-state index contributed by atoms with van der Waals surface area (Å²) >= 11 is 0. The number of hydrogen-bond acceptors (Lipinski definition) is 4. The van der Waals surface area contributed by atoms with E-state index in [1.54, 1.807) is 6.92 Å². The van der Waals surface area contributed by atoms with Crippen molar-refractivity contribution in [2.24, 2.45) is 5.84 Å². The minimum Gasteiger partial charge on any atom is -0.271 e. The van der Waals surface area contributed by atoms with Crippen molar-refractivity contribution in [3.63, 3.8) is 0 Å². The fourth-order valence-electron chi connectivity index (χ4n) is 2.34. The minimum atomic E-state index is -2.89. The summed E-state index contributed by atoms with van der Waals surface area (Å²) in [6.45, 7) is 5.78. The van der Waals surface area contributed by atoms with E-state index in [1.165, 1.54) is 16.7 Å². The average Bonchev–Trinajstić information content (AvgIpc) is 2.36. The maximum Gasteiger partial charge on any atom is 0.150 e. The topological polar surface area (TPSA) is 72.2 Å². The van der Waals surface area contributed by atoms with Gasteiger partial charge in [-0.1, -0.05) is 25.1 Å². The molecule has 108 valence electrons. The third-order valence-electron chi connectivity index (χ3n) is 3.48. The second-order valence-corrected chi connectivity index (χ2v) is 7.38. The van der Waals surface area contributed by atoms with E-state index in [2.05, 4.69) is 31.4 Å². The Labute approximate surface area is 116 Å². The molecule has 1 rings (SSSR count). The number of sulfone groups is 1. The quantitative estimate of drug-likeness (QED) is 0.593. The van der Waals surface area contributed by atoms with Crippen LogP contribution in [0.3, 0.4) is 0 Å². The predicted octanol–water partition coefficient (Wildman–Crippen LogP) is 2.02. The summed E-state index contributed by atoms with van der Waals surface area (Å²) in [5.41, 5.74) is 6.35. The normalized spacial score (nSPS) is 13.5. The molecule has 0 aliphatic carbocycles. The summed E-state index contributed by atoms with van der Waals surface area (Å²) in [6, 6.07) is 6.13. The maximum atomic E-state index is 11.5. The van der Waals surface area contributed by atoms with Crippen LogP contribution >= 0.6 is 0 Å². The molecule has 1 unspecified atom stereocenters. The van der Waals surface area contributed by atoms with Gasteiger partial charge in [-0.25, -0.2) is 8.42 Å². The van der Waals surface area contributed by atoms with Gasteiger partial charge < -0.3 is 0 Å². The zero-order valence-corrected chi connectivity index (χ0v) is 12.8. The standard InChI is InChI=1S/C14H24N2O2S/c1-4-19(17,18)10-6-9-13(16-15)14-11(2)7-5-8-12(14)3/h5,7-8,13,16H,4,6,9-10,15H2,1-3H3. The SMILES string of the molecule is CCS(=O)(=O)CCCC(NN)c1c(C)cccc1C. The fourth-order valence-corrected chi connectivity index (χ4v) is 3.23. The Hall–Kier alpha value is -0.910. The third-order valence-corrected chi connectivity index (χ3v) is 5.27. The van der Waals surface area contributed by atoms with Crippen LogP contribution < -0.4 is 11.3 Å². The zero-order valence-electron chi connectivity index (χ0n) is 11.9. The van der Waals surface area contributed by atoms with Crippen molar-refractivity contribution in [3.8, 4) is 0 Å². The van der Waals surface area contributed by atoms with Crippen molar-refractivity contribution in [1.82, 2.24) is 5.43 Å². The Kier molecular flexibility index (Phi) is 5.97. The van der Waals surface area contributed by atoms with Gasteiger partial charge in [-0.3, -0.25) is 11.3 Å². The average molecular weight is 284 g/mol. The van der Waals surface area contributed by atoms with Gasteiger partial charge in [-0.15, -0.1) is 0 Å². The van der Waals surface area contributed by atoms with Gasteiger partial charge in [0, 0.05) is 11.8 Å². The number of rotatable bonds is 7. The Morgan fingerprint density at radius 2 is 1.84 bits per heavy atom. The van der Waals surface area contributed by atoms with Crippen LogP contribution in [0.25, 0.3) is 0 Å².